The minimum absolute atomic E-state index is 0.117. The predicted molar refractivity (Wildman–Crippen MR) is 71.0 cm³/mol. The van der Waals surface area contributed by atoms with E-state index in [1.54, 1.807) is 13.0 Å². The fraction of sp³-hybridized carbons (Fsp3) is 0.357. The van der Waals surface area contributed by atoms with Crippen molar-refractivity contribution in [3.8, 4) is 0 Å². The molecule has 1 unspecified atom stereocenters. The van der Waals surface area contributed by atoms with Crippen molar-refractivity contribution in [2.24, 2.45) is 11.7 Å². The SMILES string of the molecule is Cc1c(CNC(=O)C(C)CN)oc2ccc(F)cc12. The maximum Gasteiger partial charge on any atom is 0.224 e. The van der Waals surface area contributed by atoms with Crippen LogP contribution in [0.5, 0.6) is 0 Å². The molecule has 5 heteroatoms. The van der Waals surface area contributed by atoms with Gasteiger partial charge >= 0.3 is 0 Å². The average molecular weight is 264 g/mol. The Balaban J connectivity index is 2.17. The van der Waals surface area contributed by atoms with Crippen molar-refractivity contribution in [1.82, 2.24) is 5.32 Å². The molecule has 2 rings (SSSR count). The Kier molecular flexibility index (Phi) is 3.85. The average Bonchev–Trinajstić information content (AvgIpc) is 2.72. The van der Waals surface area contributed by atoms with Crippen LogP contribution in [0.1, 0.15) is 18.2 Å². The predicted octanol–water partition coefficient (Wildman–Crippen LogP) is 2.09. The lowest BCUT2D eigenvalue weighted by atomic mass is 10.1. The number of carbonyl (C=O) groups is 1. The minimum Gasteiger partial charge on any atom is -0.459 e. The van der Waals surface area contributed by atoms with Crippen LogP contribution in [0, 0.1) is 18.7 Å². The number of nitrogens with two attached hydrogens (primary N) is 1. The van der Waals surface area contributed by atoms with Gasteiger partial charge in [0.25, 0.3) is 0 Å². The summed E-state index contributed by atoms with van der Waals surface area (Å²) in [4.78, 5) is 11.6. The zero-order valence-electron chi connectivity index (χ0n) is 11.0. The molecule has 19 heavy (non-hydrogen) atoms. The van der Waals surface area contributed by atoms with Gasteiger partial charge < -0.3 is 15.5 Å². The number of aryl methyl sites for hydroxylation is 1. The number of nitrogens with one attached hydrogen (secondary N) is 1. The highest BCUT2D eigenvalue weighted by molar-refractivity contribution is 5.82. The molecule has 0 saturated carbocycles. The van der Waals surface area contributed by atoms with Gasteiger partial charge in [-0.1, -0.05) is 6.92 Å². The van der Waals surface area contributed by atoms with E-state index in [4.69, 9.17) is 10.2 Å². The Hall–Kier alpha value is -1.88. The molecule has 0 saturated heterocycles. The second-order valence-electron chi connectivity index (χ2n) is 4.65. The number of benzene rings is 1. The lowest BCUT2D eigenvalue weighted by molar-refractivity contribution is -0.124. The summed E-state index contributed by atoms with van der Waals surface area (Å²) in [6, 6.07) is 4.37. The van der Waals surface area contributed by atoms with Gasteiger partial charge in [-0.3, -0.25) is 4.79 Å². The molecule has 102 valence electrons. The van der Waals surface area contributed by atoms with E-state index in [-0.39, 0.29) is 24.2 Å². The highest BCUT2D eigenvalue weighted by Crippen LogP contribution is 2.25. The second-order valence-corrected chi connectivity index (χ2v) is 4.65. The summed E-state index contributed by atoms with van der Waals surface area (Å²) in [6.07, 6.45) is 0. The molecule has 1 heterocycles. The van der Waals surface area contributed by atoms with E-state index in [2.05, 4.69) is 5.32 Å². The lowest BCUT2D eigenvalue weighted by Crippen LogP contribution is -2.32. The number of fused-ring (bicyclic) bond motifs is 1. The van der Waals surface area contributed by atoms with Crippen LogP contribution in [0.15, 0.2) is 22.6 Å². The van der Waals surface area contributed by atoms with Crippen LogP contribution >= 0.6 is 0 Å². The van der Waals surface area contributed by atoms with Crippen molar-refractivity contribution in [2.75, 3.05) is 6.54 Å². The molecule has 3 N–H and O–H groups in total. The standard InChI is InChI=1S/C14H17FN2O2/c1-8(6-16)14(18)17-7-13-9(2)11-5-10(15)3-4-12(11)19-13/h3-5,8H,6-7,16H2,1-2H3,(H,17,18). The summed E-state index contributed by atoms with van der Waals surface area (Å²) in [6.45, 7) is 4.19. The van der Waals surface area contributed by atoms with Crippen molar-refractivity contribution in [1.29, 1.82) is 0 Å². The molecular formula is C14H17FN2O2. The first-order valence-electron chi connectivity index (χ1n) is 6.18. The zero-order valence-corrected chi connectivity index (χ0v) is 11.0. The maximum atomic E-state index is 13.2. The van der Waals surface area contributed by atoms with Crippen LogP contribution in [-0.4, -0.2) is 12.5 Å². The van der Waals surface area contributed by atoms with Crippen LogP contribution in [0.25, 0.3) is 11.0 Å². The molecule has 0 radical (unpaired) electrons. The van der Waals surface area contributed by atoms with Crippen molar-refractivity contribution < 1.29 is 13.6 Å². The highest BCUT2D eigenvalue weighted by atomic mass is 19.1. The maximum absolute atomic E-state index is 13.2. The lowest BCUT2D eigenvalue weighted by Gasteiger charge is -2.08. The van der Waals surface area contributed by atoms with Crippen LogP contribution < -0.4 is 11.1 Å². The van der Waals surface area contributed by atoms with E-state index in [1.165, 1.54) is 12.1 Å². The number of rotatable bonds is 4. The van der Waals surface area contributed by atoms with Gasteiger partial charge in [-0.2, -0.15) is 0 Å². The molecule has 1 atom stereocenters. The van der Waals surface area contributed by atoms with Crippen molar-refractivity contribution in [2.45, 2.75) is 20.4 Å². The summed E-state index contributed by atoms with van der Waals surface area (Å²) in [5.41, 5.74) is 6.89. The van der Waals surface area contributed by atoms with Crippen LogP contribution in [0.4, 0.5) is 4.39 Å². The summed E-state index contributed by atoms with van der Waals surface area (Å²) >= 11 is 0. The molecule has 0 spiro atoms. The minimum atomic E-state index is -0.302. The van der Waals surface area contributed by atoms with Crippen LogP contribution in [-0.2, 0) is 11.3 Å². The number of furan rings is 1. The number of hydrogen-bond acceptors (Lipinski definition) is 3. The summed E-state index contributed by atoms with van der Waals surface area (Å²) in [5, 5.41) is 3.49. The molecule has 0 fully saturated rings. The van der Waals surface area contributed by atoms with Gasteiger partial charge in [-0.25, -0.2) is 4.39 Å². The molecule has 0 aliphatic heterocycles. The quantitative estimate of drug-likeness (QED) is 0.888. The van der Waals surface area contributed by atoms with E-state index in [1.807, 2.05) is 6.92 Å². The van der Waals surface area contributed by atoms with E-state index >= 15 is 0 Å². The van der Waals surface area contributed by atoms with Crippen LogP contribution in [0.2, 0.25) is 0 Å². The molecule has 4 nitrogen and oxygen atoms in total. The Morgan fingerprint density at radius 3 is 2.95 bits per heavy atom. The first kappa shape index (κ1) is 13.5. The summed E-state index contributed by atoms with van der Waals surface area (Å²) in [5.74, 6) is -0.0161. The Bertz CT molecular complexity index is 607. The fourth-order valence-corrected chi connectivity index (χ4v) is 1.86. The zero-order chi connectivity index (χ0) is 14.0. The number of hydrogen-bond donors (Lipinski definition) is 2. The van der Waals surface area contributed by atoms with E-state index in [9.17, 15) is 9.18 Å². The van der Waals surface area contributed by atoms with Crippen molar-refractivity contribution >= 4 is 16.9 Å². The third-order valence-electron chi connectivity index (χ3n) is 3.22. The Labute approximate surface area is 110 Å². The first-order valence-corrected chi connectivity index (χ1v) is 6.18. The highest BCUT2D eigenvalue weighted by Gasteiger charge is 2.14. The third kappa shape index (κ3) is 2.76. The van der Waals surface area contributed by atoms with Gasteiger partial charge in [0.1, 0.15) is 17.2 Å². The van der Waals surface area contributed by atoms with Gasteiger partial charge in [0, 0.05) is 23.4 Å². The van der Waals surface area contributed by atoms with Crippen molar-refractivity contribution in [3.63, 3.8) is 0 Å². The molecular weight excluding hydrogens is 247 g/mol. The normalized spacial score (nSPS) is 12.6. The summed E-state index contributed by atoms with van der Waals surface area (Å²) in [7, 11) is 0. The van der Waals surface area contributed by atoms with E-state index < -0.39 is 0 Å². The van der Waals surface area contributed by atoms with Crippen LogP contribution in [0.3, 0.4) is 0 Å². The third-order valence-corrected chi connectivity index (χ3v) is 3.22. The molecule has 0 bridgehead atoms. The number of halogens is 1. The first-order chi connectivity index (χ1) is 9.02. The van der Waals surface area contributed by atoms with Gasteiger partial charge in [0.15, 0.2) is 0 Å². The second kappa shape index (κ2) is 5.40. The smallest absolute Gasteiger partial charge is 0.224 e. The van der Waals surface area contributed by atoms with Gasteiger partial charge in [0.05, 0.1) is 6.54 Å². The Morgan fingerprint density at radius 1 is 1.53 bits per heavy atom. The van der Waals surface area contributed by atoms with Gasteiger partial charge in [-0.15, -0.1) is 0 Å². The van der Waals surface area contributed by atoms with E-state index in [0.29, 0.717) is 17.9 Å². The van der Waals surface area contributed by atoms with E-state index in [0.717, 1.165) is 10.9 Å². The summed E-state index contributed by atoms with van der Waals surface area (Å²) < 4.78 is 18.8. The van der Waals surface area contributed by atoms with Gasteiger partial charge in [0.2, 0.25) is 5.91 Å². The molecule has 0 aliphatic rings. The largest absolute Gasteiger partial charge is 0.459 e. The Morgan fingerprint density at radius 2 is 2.26 bits per heavy atom. The number of amides is 1. The molecule has 1 aromatic heterocycles. The number of carbonyl (C=O) groups excluding carboxylic acids is 1. The molecule has 2 aromatic rings. The molecule has 1 amide bonds. The monoisotopic (exact) mass is 264 g/mol. The topological polar surface area (TPSA) is 68.3 Å². The fourth-order valence-electron chi connectivity index (χ4n) is 1.86. The van der Waals surface area contributed by atoms with Gasteiger partial charge in [-0.05, 0) is 25.1 Å². The van der Waals surface area contributed by atoms with Crippen molar-refractivity contribution in [3.05, 3.63) is 35.3 Å². The molecule has 0 aliphatic carbocycles. The molecule has 1 aromatic carbocycles.